The van der Waals surface area contributed by atoms with Crippen LogP contribution in [0.25, 0.3) is 0 Å². The Labute approximate surface area is 135 Å². The van der Waals surface area contributed by atoms with Crippen LogP contribution in [-0.2, 0) is 19.6 Å². The third kappa shape index (κ3) is 5.02. The van der Waals surface area contributed by atoms with Crippen molar-refractivity contribution in [2.24, 2.45) is 5.14 Å². The van der Waals surface area contributed by atoms with Crippen LogP contribution in [0.4, 0.5) is 5.69 Å². The third-order valence-corrected chi connectivity index (χ3v) is 4.54. The van der Waals surface area contributed by atoms with E-state index in [4.69, 9.17) is 5.14 Å². The zero-order valence-corrected chi connectivity index (χ0v) is 13.7. The van der Waals surface area contributed by atoms with Crippen molar-refractivity contribution in [1.82, 2.24) is 9.80 Å². The van der Waals surface area contributed by atoms with Gasteiger partial charge in [-0.3, -0.25) is 14.5 Å². The normalized spacial score (nSPS) is 16.2. The number of sulfonamides is 1. The number of piperazine rings is 1. The van der Waals surface area contributed by atoms with Crippen LogP contribution in [0.5, 0.6) is 0 Å². The number of nitrogens with two attached hydrogens (primary N) is 1. The van der Waals surface area contributed by atoms with Crippen molar-refractivity contribution >= 4 is 27.5 Å². The van der Waals surface area contributed by atoms with Gasteiger partial charge in [-0.25, -0.2) is 13.6 Å². The van der Waals surface area contributed by atoms with Gasteiger partial charge in [-0.05, 0) is 18.2 Å². The fraction of sp³-hybridized carbons (Fsp3) is 0.429. The van der Waals surface area contributed by atoms with Gasteiger partial charge in [0.25, 0.3) is 0 Å². The van der Waals surface area contributed by atoms with Gasteiger partial charge in [0.15, 0.2) is 0 Å². The average Bonchev–Trinajstić information content (AvgIpc) is 2.47. The molecule has 1 fully saturated rings. The number of hydrogen-bond donors (Lipinski definition) is 2. The van der Waals surface area contributed by atoms with Crippen molar-refractivity contribution in [1.29, 1.82) is 0 Å². The second kappa shape index (κ2) is 7.07. The van der Waals surface area contributed by atoms with E-state index in [-0.39, 0.29) is 23.3 Å². The van der Waals surface area contributed by atoms with E-state index in [0.29, 0.717) is 31.9 Å². The lowest BCUT2D eigenvalue weighted by Crippen LogP contribution is -2.49. The average molecular weight is 340 g/mol. The number of primary sulfonamides is 1. The lowest BCUT2D eigenvalue weighted by molar-refractivity contribution is -0.130. The van der Waals surface area contributed by atoms with Gasteiger partial charge in [0.2, 0.25) is 21.8 Å². The Morgan fingerprint density at radius 2 is 1.87 bits per heavy atom. The fourth-order valence-corrected chi connectivity index (χ4v) is 2.93. The number of amides is 2. The highest BCUT2D eigenvalue weighted by Crippen LogP contribution is 2.14. The highest BCUT2D eigenvalue weighted by molar-refractivity contribution is 7.89. The van der Waals surface area contributed by atoms with Crippen LogP contribution in [0, 0.1) is 0 Å². The molecule has 3 N–H and O–H groups in total. The van der Waals surface area contributed by atoms with Crippen LogP contribution in [0.2, 0.25) is 0 Å². The van der Waals surface area contributed by atoms with E-state index in [1.165, 1.54) is 25.1 Å². The number of anilines is 1. The molecule has 0 radical (unpaired) electrons. The molecule has 0 aromatic heterocycles. The molecule has 1 aromatic rings. The van der Waals surface area contributed by atoms with E-state index in [2.05, 4.69) is 5.32 Å². The minimum absolute atomic E-state index is 0.0360. The molecule has 0 saturated carbocycles. The summed E-state index contributed by atoms with van der Waals surface area (Å²) in [6.07, 6.45) is 0. The Hall–Kier alpha value is -1.97. The quantitative estimate of drug-likeness (QED) is 0.763. The molecule has 9 heteroatoms. The van der Waals surface area contributed by atoms with Gasteiger partial charge < -0.3 is 10.2 Å². The molecule has 0 spiro atoms. The van der Waals surface area contributed by atoms with E-state index >= 15 is 0 Å². The predicted octanol–water partition coefficient (Wildman–Crippen LogP) is -0.563. The summed E-state index contributed by atoms with van der Waals surface area (Å²) in [5, 5.41) is 7.72. The number of rotatable bonds is 4. The lowest BCUT2D eigenvalue weighted by Gasteiger charge is -2.33. The third-order valence-electron chi connectivity index (χ3n) is 3.63. The minimum atomic E-state index is -3.80. The van der Waals surface area contributed by atoms with Gasteiger partial charge >= 0.3 is 0 Å². The SMILES string of the molecule is CC(=O)N1CCN(CC(=O)Nc2cccc(S(N)(=O)=O)c2)CC1. The maximum atomic E-state index is 12.0. The number of benzene rings is 1. The molecule has 2 amide bonds. The summed E-state index contributed by atoms with van der Waals surface area (Å²) in [6.45, 7) is 4.17. The van der Waals surface area contributed by atoms with Crippen molar-refractivity contribution in [3.05, 3.63) is 24.3 Å². The van der Waals surface area contributed by atoms with Crippen molar-refractivity contribution in [3.8, 4) is 0 Å². The van der Waals surface area contributed by atoms with Crippen molar-refractivity contribution in [2.45, 2.75) is 11.8 Å². The summed E-state index contributed by atoms with van der Waals surface area (Å²) in [7, 11) is -3.80. The van der Waals surface area contributed by atoms with Crippen LogP contribution in [0.1, 0.15) is 6.92 Å². The van der Waals surface area contributed by atoms with E-state index in [0.717, 1.165) is 0 Å². The number of hydrogen-bond acceptors (Lipinski definition) is 5. The number of nitrogens with zero attached hydrogens (tertiary/aromatic N) is 2. The summed E-state index contributed by atoms with van der Waals surface area (Å²) >= 11 is 0. The second-order valence-electron chi connectivity index (χ2n) is 5.40. The van der Waals surface area contributed by atoms with Gasteiger partial charge in [0.1, 0.15) is 0 Å². The van der Waals surface area contributed by atoms with Crippen molar-refractivity contribution < 1.29 is 18.0 Å². The van der Waals surface area contributed by atoms with Crippen LogP contribution >= 0.6 is 0 Å². The molecule has 0 aliphatic carbocycles. The van der Waals surface area contributed by atoms with Crippen LogP contribution < -0.4 is 10.5 Å². The number of carbonyl (C=O) groups excluding carboxylic acids is 2. The Kier molecular flexibility index (Phi) is 5.34. The fourth-order valence-electron chi connectivity index (χ4n) is 2.38. The zero-order valence-electron chi connectivity index (χ0n) is 12.9. The van der Waals surface area contributed by atoms with Gasteiger partial charge in [-0.1, -0.05) is 6.07 Å². The van der Waals surface area contributed by atoms with E-state index in [9.17, 15) is 18.0 Å². The first-order valence-corrected chi connectivity index (χ1v) is 8.71. The number of carbonyl (C=O) groups is 2. The summed E-state index contributed by atoms with van der Waals surface area (Å²) in [6, 6.07) is 5.80. The first kappa shape index (κ1) is 17.4. The molecular weight excluding hydrogens is 320 g/mol. The summed E-state index contributed by atoms with van der Waals surface area (Å²) < 4.78 is 22.6. The highest BCUT2D eigenvalue weighted by Gasteiger charge is 2.20. The molecule has 0 unspecified atom stereocenters. The van der Waals surface area contributed by atoms with Gasteiger partial charge in [-0.15, -0.1) is 0 Å². The summed E-state index contributed by atoms with van der Waals surface area (Å²) in [5.41, 5.74) is 0.379. The molecule has 8 nitrogen and oxygen atoms in total. The van der Waals surface area contributed by atoms with E-state index in [1.807, 2.05) is 4.90 Å². The first-order valence-electron chi connectivity index (χ1n) is 7.16. The zero-order chi connectivity index (χ0) is 17.0. The molecule has 126 valence electrons. The molecule has 0 bridgehead atoms. The standard InChI is InChI=1S/C14H20N4O4S/c1-11(19)18-7-5-17(6-8-18)10-14(20)16-12-3-2-4-13(9-12)23(15,21)22/h2-4,9H,5-8,10H2,1H3,(H,16,20)(H2,15,21,22). The Morgan fingerprint density at radius 3 is 2.43 bits per heavy atom. The molecule has 23 heavy (non-hydrogen) atoms. The summed E-state index contributed by atoms with van der Waals surface area (Å²) in [5.74, 6) is -0.207. The van der Waals surface area contributed by atoms with Crippen LogP contribution in [0.3, 0.4) is 0 Å². The topological polar surface area (TPSA) is 113 Å². The Morgan fingerprint density at radius 1 is 1.22 bits per heavy atom. The molecule has 1 heterocycles. The summed E-state index contributed by atoms with van der Waals surface area (Å²) in [4.78, 5) is 26.9. The smallest absolute Gasteiger partial charge is 0.238 e. The van der Waals surface area contributed by atoms with Crippen LogP contribution in [0.15, 0.2) is 29.2 Å². The Bertz CT molecular complexity index is 696. The monoisotopic (exact) mass is 340 g/mol. The second-order valence-corrected chi connectivity index (χ2v) is 6.96. The predicted molar refractivity (Wildman–Crippen MR) is 85.1 cm³/mol. The van der Waals surface area contributed by atoms with E-state index in [1.54, 1.807) is 11.0 Å². The van der Waals surface area contributed by atoms with Crippen LogP contribution in [-0.4, -0.2) is 62.8 Å². The molecule has 1 aliphatic rings. The Balaban J connectivity index is 1.90. The van der Waals surface area contributed by atoms with Gasteiger partial charge in [0, 0.05) is 38.8 Å². The molecule has 2 rings (SSSR count). The highest BCUT2D eigenvalue weighted by atomic mass is 32.2. The number of nitrogens with one attached hydrogen (secondary N) is 1. The molecule has 1 aromatic carbocycles. The molecular formula is C14H20N4O4S. The van der Waals surface area contributed by atoms with Gasteiger partial charge in [-0.2, -0.15) is 0 Å². The van der Waals surface area contributed by atoms with Crippen molar-refractivity contribution in [2.75, 3.05) is 38.0 Å². The molecule has 0 atom stereocenters. The van der Waals surface area contributed by atoms with E-state index < -0.39 is 10.0 Å². The minimum Gasteiger partial charge on any atom is -0.340 e. The maximum absolute atomic E-state index is 12.0. The molecule has 1 saturated heterocycles. The lowest BCUT2D eigenvalue weighted by atomic mass is 10.3. The van der Waals surface area contributed by atoms with Gasteiger partial charge in [0.05, 0.1) is 11.4 Å². The van der Waals surface area contributed by atoms with Crippen molar-refractivity contribution in [3.63, 3.8) is 0 Å². The molecule has 1 aliphatic heterocycles. The first-order chi connectivity index (χ1) is 10.8. The largest absolute Gasteiger partial charge is 0.340 e. The maximum Gasteiger partial charge on any atom is 0.238 e.